The van der Waals surface area contributed by atoms with Gasteiger partial charge in [0.05, 0.1) is 6.61 Å². The van der Waals surface area contributed by atoms with Crippen molar-refractivity contribution in [2.24, 2.45) is 0 Å². The topological polar surface area (TPSA) is 26.3 Å². The summed E-state index contributed by atoms with van der Waals surface area (Å²) in [6.45, 7) is 8.00. The Kier molecular flexibility index (Phi) is 5.03. The second-order valence-corrected chi connectivity index (χ2v) is 3.64. The van der Waals surface area contributed by atoms with Crippen LogP contribution in [0, 0.1) is 11.8 Å². The Bertz CT molecular complexity index is 458. The summed E-state index contributed by atoms with van der Waals surface area (Å²) < 4.78 is 4.78. The lowest BCUT2D eigenvalue weighted by molar-refractivity contribution is -0.141. The molecule has 1 aromatic carbocycles. The first-order valence-electron chi connectivity index (χ1n) is 5.54. The van der Waals surface area contributed by atoms with Gasteiger partial charge in [0.25, 0.3) is 0 Å². The number of hydrogen-bond acceptors (Lipinski definition) is 2. The number of hydrogen-bond donors (Lipinski definition) is 0. The lowest BCUT2D eigenvalue weighted by Crippen LogP contribution is -2.01. The molecule has 0 aliphatic heterocycles. The van der Waals surface area contributed by atoms with E-state index in [1.807, 2.05) is 31.2 Å². The van der Waals surface area contributed by atoms with E-state index in [-0.39, 0.29) is 12.4 Å². The van der Waals surface area contributed by atoms with E-state index in [1.165, 1.54) is 0 Å². The number of ether oxygens (including phenoxy) is 1. The van der Waals surface area contributed by atoms with Gasteiger partial charge in [-0.05, 0) is 31.5 Å². The van der Waals surface area contributed by atoms with Crippen LogP contribution in [0.5, 0.6) is 0 Å². The Morgan fingerprint density at radius 3 is 2.53 bits per heavy atom. The van der Waals surface area contributed by atoms with Crippen LogP contribution in [0.4, 0.5) is 0 Å². The lowest BCUT2D eigenvalue weighted by atomic mass is 10.1. The van der Waals surface area contributed by atoms with Crippen molar-refractivity contribution >= 4 is 11.5 Å². The molecule has 17 heavy (non-hydrogen) atoms. The monoisotopic (exact) mass is 228 g/mol. The van der Waals surface area contributed by atoms with Gasteiger partial charge in [0.1, 0.15) is 6.42 Å². The standard InChI is InChI=1S/C15H16O2/c1-4-17-15(16)7-5-6-13-8-10-14(11-9-13)12(2)3/h8-11H,2,4,7H2,1,3H3. The minimum Gasteiger partial charge on any atom is -0.465 e. The summed E-state index contributed by atoms with van der Waals surface area (Å²) >= 11 is 0. The maximum absolute atomic E-state index is 11.0. The fourth-order valence-corrected chi connectivity index (χ4v) is 1.27. The van der Waals surface area contributed by atoms with Crippen molar-refractivity contribution in [1.82, 2.24) is 0 Å². The summed E-state index contributed by atoms with van der Waals surface area (Å²) in [7, 11) is 0. The van der Waals surface area contributed by atoms with Crippen LogP contribution in [0.25, 0.3) is 5.57 Å². The summed E-state index contributed by atoms with van der Waals surface area (Å²) in [5.74, 6) is 5.43. The third kappa shape index (κ3) is 4.56. The summed E-state index contributed by atoms with van der Waals surface area (Å²) in [6, 6.07) is 7.78. The molecule has 1 aromatic rings. The maximum atomic E-state index is 11.0. The predicted molar refractivity (Wildman–Crippen MR) is 69.3 cm³/mol. The Hall–Kier alpha value is -2.01. The van der Waals surface area contributed by atoms with Crippen LogP contribution in [0.3, 0.4) is 0 Å². The van der Waals surface area contributed by atoms with Crippen LogP contribution in [0.15, 0.2) is 30.8 Å². The van der Waals surface area contributed by atoms with Gasteiger partial charge in [-0.3, -0.25) is 4.79 Å². The molecule has 0 aliphatic carbocycles. The lowest BCUT2D eigenvalue weighted by Gasteiger charge is -1.98. The van der Waals surface area contributed by atoms with Gasteiger partial charge in [0, 0.05) is 5.56 Å². The summed E-state index contributed by atoms with van der Waals surface area (Å²) in [5.41, 5.74) is 3.01. The molecule has 0 heterocycles. The van der Waals surface area contributed by atoms with Crippen LogP contribution in [-0.2, 0) is 9.53 Å². The normalized spacial score (nSPS) is 9.06. The number of carbonyl (C=O) groups is 1. The SMILES string of the molecule is C=C(C)c1ccc(C#CCC(=O)OCC)cc1. The second kappa shape index (κ2) is 6.55. The van der Waals surface area contributed by atoms with Crippen LogP contribution in [0.2, 0.25) is 0 Å². The van der Waals surface area contributed by atoms with E-state index < -0.39 is 0 Å². The zero-order valence-corrected chi connectivity index (χ0v) is 10.2. The van der Waals surface area contributed by atoms with E-state index in [4.69, 9.17) is 4.74 Å². The van der Waals surface area contributed by atoms with Crippen LogP contribution >= 0.6 is 0 Å². The Morgan fingerprint density at radius 2 is 2.00 bits per heavy atom. The highest BCUT2D eigenvalue weighted by atomic mass is 16.5. The third-order valence-electron chi connectivity index (χ3n) is 2.15. The van der Waals surface area contributed by atoms with Crippen molar-refractivity contribution in [1.29, 1.82) is 0 Å². The number of allylic oxidation sites excluding steroid dienone is 1. The minimum atomic E-state index is -0.279. The van der Waals surface area contributed by atoms with Crippen molar-refractivity contribution in [2.75, 3.05) is 6.61 Å². The molecule has 0 radical (unpaired) electrons. The first-order valence-corrected chi connectivity index (χ1v) is 5.54. The Labute approximate surface area is 102 Å². The average molecular weight is 228 g/mol. The molecule has 0 unspecified atom stereocenters. The van der Waals surface area contributed by atoms with Crippen molar-refractivity contribution in [3.63, 3.8) is 0 Å². The van der Waals surface area contributed by atoms with Gasteiger partial charge >= 0.3 is 5.97 Å². The molecule has 0 bridgehead atoms. The van der Waals surface area contributed by atoms with Crippen molar-refractivity contribution in [3.05, 3.63) is 42.0 Å². The maximum Gasteiger partial charge on any atom is 0.317 e. The number of carbonyl (C=O) groups excluding carboxylic acids is 1. The van der Waals surface area contributed by atoms with Crippen LogP contribution in [0.1, 0.15) is 31.4 Å². The first kappa shape index (κ1) is 13.1. The van der Waals surface area contributed by atoms with Crippen molar-refractivity contribution < 1.29 is 9.53 Å². The zero-order valence-electron chi connectivity index (χ0n) is 10.2. The number of benzene rings is 1. The molecule has 0 N–H and O–H groups in total. The molecule has 2 heteroatoms. The molecule has 88 valence electrons. The molecule has 1 rings (SSSR count). The minimum absolute atomic E-state index is 0.135. The molecular weight excluding hydrogens is 212 g/mol. The van der Waals surface area contributed by atoms with E-state index in [2.05, 4.69) is 18.4 Å². The highest BCUT2D eigenvalue weighted by Gasteiger charge is 1.96. The molecule has 0 saturated carbocycles. The molecule has 0 fully saturated rings. The molecular formula is C15H16O2. The number of rotatable bonds is 3. The van der Waals surface area contributed by atoms with Crippen LogP contribution < -0.4 is 0 Å². The molecule has 0 aliphatic rings. The fraction of sp³-hybridized carbons (Fsp3) is 0.267. The van der Waals surface area contributed by atoms with Gasteiger partial charge in [-0.25, -0.2) is 0 Å². The largest absolute Gasteiger partial charge is 0.465 e. The molecule has 0 spiro atoms. The predicted octanol–water partition coefficient (Wildman–Crippen LogP) is 3.02. The van der Waals surface area contributed by atoms with Crippen molar-refractivity contribution in [2.45, 2.75) is 20.3 Å². The van der Waals surface area contributed by atoms with Gasteiger partial charge in [-0.15, -0.1) is 0 Å². The van der Waals surface area contributed by atoms with Gasteiger partial charge in [-0.2, -0.15) is 0 Å². The van der Waals surface area contributed by atoms with Crippen molar-refractivity contribution in [3.8, 4) is 11.8 Å². The number of esters is 1. The molecule has 0 atom stereocenters. The van der Waals surface area contributed by atoms with E-state index in [1.54, 1.807) is 6.92 Å². The summed E-state index contributed by atoms with van der Waals surface area (Å²) in [6.07, 6.45) is 0.135. The second-order valence-electron chi connectivity index (χ2n) is 3.64. The van der Waals surface area contributed by atoms with Gasteiger partial charge in [0.15, 0.2) is 0 Å². The highest BCUT2D eigenvalue weighted by Crippen LogP contribution is 2.11. The van der Waals surface area contributed by atoms with E-state index >= 15 is 0 Å². The van der Waals surface area contributed by atoms with E-state index in [9.17, 15) is 4.79 Å². The van der Waals surface area contributed by atoms with Gasteiger partial charge in [-0.1, -0.05) is 36.1 Å². The van der Waals surface area contributed by atoms with Gasteiger partial charge in [0.2, 0.25) is 0 Å². The third-order valence-corrected chi connectivity index (χ3v) is 2.15. The highest BCUT2D eigenvalue weighted by molar-refractivity contribution is 5.72. The molecule has 2 nitrogen and oxygen atoms in total. The molecule has 0 saturated heterocycles. The first-order chi connectivity index (χ1) is 8.13. The molecule has 0 aromatic heterocycles. The Balaban J connectivity index is 2.60. The fourth-order valence-electron chi connectivity index (χ4n) is 1.27. The summed E-state index contributed by atoms with van der Waals surface area (Å²) in [4.78, 5) is 11.0. The van der Waals surface area contributed by atoms with Crippen LogP contribution in [-0.4, -0.2) is 12.6 Å². The molecule has 0 amide bonds. The smallest absolute Gasteiger partial charge is 0.317 e. The Morgan fingerprint density at radius 1 is 1.35 bits per heavy atom. The zero-order chi connectivity index (χ0) is 12.7. The summed E-state index contributed by atoms with van der Waals surface area (Å²) in [5, 5.41) is 0. The van der Waals surface area contributed by atoms with E-state index in [0.717, 1.165) is 16.7 Å². The van der Waals surface area contributed by atoms with E-state index in [0.29, 0.717) is 6.61 Å². The quantitative estimate of drug-likeness (QED) is 0.587. The van der Waals surface area contributed by atoms with Gasteiger partial charge < -0.3 is 4.74 Å². The average Bonchev–Trinajstić information content (AvgIpc) is 2.30.